The van der Waals surface area contributed by atoms with Crippen LogP contribution in [0.25, 0.3) is 21.9 Å². The Morgan fingerprint density at radius 3 is 0.893 bits per heavy atom. The van der Waals surface area contributed by atoms with E-state index in [9.17, 15) is 9.59 Å². The van der Waals surface area contributed by atoms with E-state index in [2.05, 4.69) is 206 Å². The molecule has 0 aliphatic heterocycles. The van der Waals surface area contributed by atoms with Crippen LogP contribution < -0.4 is 0 Å². The lowest BCUT2D eigenvalue weighted by Gasteiger charge is -2.32. The second-order valence-corrected chi connectivity index (χ2v) is 20.0. The molecule has 0 aromatic heterocycles. The summed E-state index contributed by atoms with van der Waals surface area (Å²) in [5.41, 5.74) is 13.0. The highest BCUT2D eigenvalue weighted by atomic mass is 16.1. The first-order valence-corrected chi connectivity index (χ1v) is 20.1. The Hall–Kier alpha value is -5.08. The lowest BCUT2D eigenvalue weighted by atomic mass is 9.70. The van der Waals surface area contributed by atoms with Gasteiger partial charge in [0.1, 0.15) is 0 Å². The van der Waals surface area contributed by atoms with Gasteiger partial charge in [-0.05, 0) is 115 Å². The molecule has 0 fully saturated rings. The van der Waals surface area contributed by atoms with Crippen molar-refractivity contribution in [3.63, 3.8) is 0 Å². The van der Waals surface area contributed by atoms with Crippen molar-refractivity contribution < 1.29 is 9.59 Å². The lowest BCUT2D eigenvalue weighted by Crippen LogP contribution is -2.28. The lowest BCUT2D eigenvalue weighted by molar-refractivity contribution is -0.114. The van der Waals surface area contributed by atoms with E-state index in [0.29, 0.717) is 0 Å². The standard InChI is InChI=1S/C54H60O2/c1-33-19-23-35(24-20-33)47(37-29-43(51(3,4)5)49(55)44(30-37)52(6,7)8)41-27-28-42(40-18-16-15-17-39(40)41)48(36-25-21-34(2)22-26-36)38-31-45(53(9,10)11)50(56)46(32-38)54(12,13)14/h15-32H,1-14H3. The highest BCUT2D eigenvalue weighted by molar-refractivity contribution is 6.15. The van der Waals surface area contributed by atoms with E-state index >= 15 is 0 Å². The van der Waals surface area contributed by atoms with Crippen LogP contribution in [0.15, 0.2) is 143 Å². The molecule has 0 atom stereocenters. The highest BCUT2D eigenvalue weighted by Gasteiger charge is 2.37. The van der Waals surface area contributed by atoms with Crippen LogP contribution in [0.2, 0.25) is 0 Å². The van der Waals surface area contributed by atoms with Crippen molar-refractivity contribution in [2.75, 3.05) is 0 Å². The second-order valence-electron chi connectivity index (χ2n) is 20.0. The minimum Gasteiger partial charge on any atom is -0.289 e. The average molecular weight is 741 g/mol. The third-order valence-corrected chi connectivity index (χ3v) is 11.1. The van der Waals surface area contributed by atoms with Gasteiger partial charge in [0.25, 0.3) is 0 Å². The third-order valence-electron chi connectivity index (χ3n) is 11.1. The topological polar surface area (TPSA) is 34.1 Å². The number of allylic oxidation sites excluding steroid dienone is 10. The molecule has 4 aromatic carbocycles. The molecule has 0 unspecified atom stereocenters. The van der Waals surface area contributed by atoms with Gasteiger partial charge in [-0.15, -0.1) is 0 Å². The predicted octanol–water partition coefficient (Wildman–Crippen LogP) is 14.1. The Balaban J connectivity index is 1.77. The number of rotatable bonds is 4. The van der Waals surface area contributed by atoms with Gasteiger partial charge in [0.15, 0.2) is 11.6 Å². The summed E-state index contributed by atoms with van der Waals surface area (Å²) in [6, 6.07) is 30.8. The van der Waals surface area contributed by atoms with Crippen molar-refractivity contribution in [1.82, 2.24) is 0 Å². The van der Waals surface area contributed by atoms with Gasteiger partial charge < -0.3 is 0 Å². The maximum absolute atomic E-state index is 14.1. The number of carbonyl (C=O) groups is 2. The molecule has 2 aliphatic carbocycles. The number of fused-ring (bicyclic) bond motifs is 1. The first-order chi connectivity index (χ1) is 26.0. The van der Waals surface area contributed by atoms with Crippen molar-refractivity contribution in [3.8, 4) is 0 Å². The minimum absolute atomic E-state index is 0.128. The summed E-state index contributed by atoms with van der Waals surface area (Å²) in [6.07, 6.45) is 8.58. The molecule has 0 bridgehead atoms. The Morgan fingerprint density at radius 2 is 0.643 bits per heavy atom. The summed E-state index contributed by atoms with van der Waals surface area (Å²) in [4.78, 5) is 28.3. The van der Waals surface area contributed by atoms with Gasteiger partial charge in [0, 0.05) is 22.3 Å². The first kappa shape index (κ1) is 40.6. The Morgan fingerprint density at radius 1 is 0.375 bits per heavy atom. The molecule has 0 spiro atoms. The van der Waals surface area contributed by atoms with Crippen LogP contribution in [-0.4, -0.2) is 11.6 Å². The van der Waals surface area contributed by atoms with Crippen LogP contribution in [-0.2, 0) is 9.59 Å². The van der Waals surface area contributed by atoms with E-state index in [-0.39, 0.29) is 33.2 Å². The molecule has 0 radical (unpaired) electrons. The Labute approximate surface area is 336 Å². The van der Waals surface area contributed by atoms with E-state index < -0.39 is 0 Å². The van der Waals surface area contributed by atoms with Crippen LogP contribution in [0.5, 0.6) is 0 Å². The van der Waals surface area contributed by atoms with E-state index in [1.54, 1.807) is 0 Å². The van der Waals surface area contributed by atoms with Crippen LogP contribution in [0.4, 0.5) is 0 Å². The highest BCUT2D eigenvalue weighted by Crippen LogP contribution is 2.46. The molecule has 0 amide bonds. The number of carbonyl (C=O) groups excluding carboxylic acids is 2. The quantitative estimate of drug-likeness (QED) is 0.209. The molecule has 2 aliphatic rings. The predicted molar refractivity (Wildman–Crippen MR) is 239 cm³/mol. The summed E-state index contributed by atoms with van der Waals surface area (Å²) in [6.45, 7) is 29.8. The van der Waals surface area contributed by atoms with Gasteiger partial charge in [-0.25, -0.2) is 0 Å². The molecule has 2 nitrogen and oxygen atoms in total. The van der Waals surface area contributed by atoms with Crippen molar-refractivity contribution in [2.24, 2.45) is 21.7 Å². The van der Waals surface area contributed by atoms with Crippen LogP contribution in [0.3, 0.4) is 0 Å². The summed E-state index contributed by atoms with van der Waals surface area (Å²) in [5.74, 6) is 0.255. The number of aryl methyl sites for hydroxylation is 2. The van der Waals surface area contributed by atoms with Crippen LogP contribution in [0, 0.1) is 35.5 Å². The fraction of sp³-hybridized carbons (Fsp3) is 0.333. The van der Waals surface area contributed by atoms with Gasteiger partial charge in [0.2, 0.25) is 0 Å². The fourth-order valence-electron chi connectivity index (χ4n) is 7.91. The van der Waals surface area contributed by atoms with E-state index in [4.69, 9.17) is 0 Å². The Kier molecular flexibility index (Phi) is 10.5. The molecule has 0 saturated carbocycles. The zero-order valence-corrected chi connectivity index (χ0v) is 36.2. The largest absolute Gasteiger partial charge is 0.289 e. The summed E-state index contributed by atoms with van der Waals surface area (Å²) in [5, 5.41) is 2.25. The fourth-order valence-corrected chi connectivity index (χ4v) is 7.91. The molecule has 6 rings (SSSR count). The van der Waals surface area contributed by atoms with Gasteiger partial charge in [-0.3, -0.25) is 9.59 Å². The van der Waals surface area contributed by atoms with Gasteiger partial charge >= 0.3 is 0 Å². The monoisotopic (exact) mass is 740 g/mol. The van der Waals surface area contributed by atoms with Gasteiger partial charge in [-0.1, -0.05) is 179 Å². The normalized spacial score (nSPS) is 15.8. The third kappa shape index (κ3) is 7.94. The van der Waals surface area contributed by atoms with Crippen LogP contribution >= 0.6 is 0 Å². The van der Waals surface area contributed by atoms with E-state index in [1.807, 2.05) is 0 Å². The summed E-state index contributed by atoms with van der Waals surface area (Å²) in [7, 11) is 0. The Bertz CT molecular complexity index is 2190. The number of benzene rings is 4. The summed E-state index contributed by atoms with van der Waals surface area (Å²) < 4.78 is 0. The summed E-state index contributed by atoms with van der Waals surface area (Å²) >= 11 is 0. The zero-order chi connectivity index (χ0) is 41.1. The first-order valence-electron chi connectivity index (χ1n) is 20.1. The van der Waals surface area contributed by atoms with Crippen LogP contribution in [0.1, 0.15) is 116 Å². The second kappa shape index (κ2) is 14.5. The number of Topliss-reactive ketones (excluding diaryl/α,β-unsaturated/α-hetero) is 2. The van der Waals surface area contributed by atoms with Gasteiger partial charge in [-0.2, -0.15) is 0 Å². The maximum Gasteiger partial charge on any atom is 0.186 e. The maximum atomic E-state index is 14.1. The molecule has 288 valence electrons. The average Bonchev–Trinajstić information content (AvgIpc) is 3.09. The van der Waals surface area contributed by atoms with Crippen molar-refractivity contribution in [3.05, 3.63) is 176 Å². The SMILES string of the molecule is Cc1ccc(C(=C2C=C(C(C)(C)C)C(=O)C(C(C)(C)C)=C2)c2ccc(C(=C3C=C(C(C)(C)C)C(=O)C(C(C)(C)C)=C3)c3ccc(C)cc3)c3ccccc23)cc1. The van der Waals surface area contributed by atoms with E-state index in [0.717, 1.165) is 77.6 Å². The van der Waals surface area contributed by atoms with E-state index in [1.165, 1.54) is 11.1 Å². The molecule has 4 aromatic rings. The van der Waals surface area contributed by atoms with Gasteiger partial charge in [0.05, 0.1) is 0 Å². The molecule has 0 saturated heterocycles. The zero-order valence-electron chi connectivity index (χ0n) is 36.2. The molecule has 0 heterocycles. The molecule has 0 N–H and O–H groups in total. The molecular formula is C54H60O2. The number of hydrogen-bond donors (Lipinski definition) is 0. The number of hydrogen-bond acceptors (Lipinski definition) is 2. The smallest absolute Gasteiger partial charge is 0.186 e. The van der Waals surface area contributed by atoms with Crippen molar-refractivity contribution >= 4 is 33.5 Å². The molecular weight excluding hydrogens is 681 g/mol. The molecule has 2 heteroatoms. The van der Waals surface area contributed by atoms with Crippen molar-refractivity contribution in [2.45, 2.75) is 96.9 Å². The number of ketones is 2. The molecule has 56 heavy (non-hydrogen) atoms. The van der Waals surface area contributed by atoms with Crippen molar-refractivity contribution in [1.29, 1.82) is 0 Å². The minimum atomic E-state index is -0.341.